The molecule has 0 saturated heterocycles. The van der Waals surface area contributed by atoms with Crippen LogP contribution in [-0.4, -0.2) is 17.9 Å². The molecule has 0 aliphatic rings. The van der Waals surface area contributed by atoms with Crippen LogP contribution in [0.2, 0.25) is 0 Å². The van der Waals surface area contributed by atoms with Gasteiger partial charge in [-0.3, -0.25) is 9.59 Å². The van der Waals surface area contributed by atoms with E-state index in [-0.39, 0.29) is 17.5 Å². The van der Waals surface area contributed by atoms with Gasteiger partial charge in [0.05, 0.1) is 5.69 Å². The number of hydrogen-bond acceptors (Lipinski definition) is 2. The van der Waals surface area contributed by atoms with Gasteiger partial charge >= 0.3 is 0 Å². The summed E-state index contributed by atoms with van der Waals surface area (Å²) in [5, 5.41) is 5.01. The molecule has 1 unspecified atom stereocenters. The van der Waals surface area contributed by atoms with Gasteiger partial charge in [0, 0.05) is 6.92 Å². The van der Waals surface area contributed by atoms with Gasteiger partial charge in [-0.05, 0) is 18.1 Å². The first kappa shape index (κ1) is 14.2. The van der Waals surface area contributed by atoms with E-state index in [9.17, 15) is 14.0 Å². The summed E-state index contributed by atoms with van der Waals surface area (Å²) in [6.45, 7) is 4.95. The van der Waals surface area contributed by atoms with E-state index in [1.54, 1.807) is 12.1 Å². The van der Waals surface area contributed by atoms with Crippen molar-refractivity contribution in [2.45, 2.75) is 26.8 Å². The van der Waals surface area contributed by atoms with Crippen molar-refractivity contribution >= 4 is 17.5 Å². The number of amides is 2. The molecule has 0 spiro atoms. The molecule has 4 nitrogen and oxygen atoms in total. The Hall–Kier alpha value is -1.91. The first-order chi connectivity index (χ1) is 8.41. The van der Waals surface area contributed by atoms with Crippen LogP contribution in [0.25, 0.3) is 0 Å². The van der Waals surface area contributed by atoms with Crippen LogP contribution in [-0.2, 0) is 9.59 Å². The molecule has 0 fully saturated rings. The Morgan fingerprint density at radius 2 is 1.83 bits per heavy atom. The van der Waals surface area contributed by atoms with Crippen LogP contribution in [0.1, 0.15) is 20.8 Å². The van der Waals surface area contributed by atoms with E-state index in [0.29, 0.717) is 0 Å². The first-order valence-corrected chi connectivity index (χ1v) is 5.74. The fraction of sp³-hybridized carbons (Fsp3) is 0.385. The normalized spacial score (nSPS) is 12.1. The molecule has 98 valence electrons. The van der Waals surface area contributed by atoms with Gasteiger partial charge in [-0.2, -0.15) is 0 Å². The summed E-state index contributed by atoms with van der Waals surface area (Å²) in [7, 11) is 0. The number of hydrogen-bond donors (Lipinski definition) is 2. The average molecular weight is 252 g/mol. The minimum atomic E-state index is -0.679. The molecule has 1 aromatic rings. The Balaban J connectivity index is 2.79. The lowest BCUT2D eigenvalue weighted by atomic mass is 10.0. The molecule has 1 aromatic carbocycles. The lowest BCUT2D eigenvalue weighted by Gasteiger charge is -2.21. The average Bonchev–Trinajstić information content (AvgIpc) is 2.28. The van der Waals surface area contributed by atoms with Crippen molar-refractivity contribution in [2.75, 3.05) is 5.32 Å². The molecule has 0 aliphatic carbocycles. The Morgan fingerprint density at radius 3 is 2.33 bits per heavy atom. The second kappa shape index (κ2) is 6.14. The highest BCUT2D eigenvalue weighted by atomic mass is 19.1. The molecule has 0 aromatic heterocycles. The van der Waals surface area contributed by atoms with Gasteiger partial charge in [-0.15, -0.1) is 0 Å². The number of carbonyl (C=O) groups is 2. The Kier molecular flexibility index (Phi) is 4.83. The molecule has 0 aliphatic heterocycles. The zero-order chi connectivity index (χ0) is 13.7. The highest BCUT2D eigenvalue weighted by molar-refractivity contribution is 5.97. The molecule has 1 rings (SSSR count). The summed E-state index contributed by atoms with van der Waals surface area (Å²) in [6, 6.07) is 5.22. The van der Waals surface area contributed by atoms with Crippen molar-refractivity contribution in [1.29, 1.82) is 0 Å². The first-order valence-electron chi connectivity index (χ1n) is 5.74. The number of anilines is 1. The fourth-order valence-corrected chi connectivity index (χ4v) is 1.53. The molecular weight excluding hydrogens is 235 g/mol. The summed E-state index contributed by atoms with van der Waals surface area (Å²) >= 11 is 0. The van der Waals surface area contributed by atoms with Gasteiger partial charge in [-0.1, -0.05) is 26.0 Å². The second-order valence-electron chi connectivity index (χ2n) is 4.39. The van der Waals surface area contributed by atoms with E-state index in [0.717, 1.165) is 0 Å². The van der Waals surface area contributed by atoms with Crippen molar-refractivity contribution in [3.05, 3.63) is 30.1 Å². The summed E-state index contributed by atoms with van der Waals surface area (Å²) in [4.78, 5) is 23.0. The van der Waals surface area contributed by atoms with Gasteiger partial charge < -0.3 is 10.6 Å². The maximum atomic E-state index is 13.4. The minimum Gasteiger partial charge on any atom is -0.344 e. The number of carbonyl (C=O) groups excluding carboxylic acids is 2. The summed E-state index contributed by atoms with van der Waals surface area (Å²) in [6.07, 6.45) is 0. The monoisotopic (exact) mass is 252 g/mol. The number of para-hydroxylation sites is 1. The second-order valence-corrected chi connectivity index (χ2v) is 4.39. The number of nitrogens with one attached hydrogen (secondary N) is 2. The van der Waals surface area contributed by atoms with Crippen LogP contribution in [0.4, 0.5) is 10.1 Å². The van der Waals surface area contributed by atoms with Gasteiger partial charge in [0.25, 0.3) is 0 Å². The molecule has 0 heterocycles. The van der Waals surface area contributed by atoms with E-state index in [1.807, 2.05) is 13.8 Å². The van der Waals surface area contributed by atoms with Crippen molar-refractivity contribution in [3.63, 3.8) is 0 Å². The summed E-state index contributed by atoms with van der Waals surface area (Å²) in [5.74, 6) is -1.31. The molecule has 0 radical (unpaired) electrons. The predicted molar refractivity (Wildman–Crippen MR) is 67.5 cm³/mol. The zero-order valence-corrected chi connectivity index (χ0v) is 10.7. The maximum Gasteiger partial charge on any atom is 0.247 e. The maximum absolute atomic E-state index is 13.4. The van der Waals surface area contributed by atoms with Crippen LogP contribution in [0.5, 0.6) is 0 Å². The lowest BCUT2D eigenvalue weighted by molar-refractivity contribution is -0.126. The standard InChI is InChI=1S/C13H17FN2O2/c1-8(2)12(15-9(3)17)13(18)16-11-7-5-4-6-10(11)14/h4-8,12H,1-3H3,(H,15,17)(H,16,18). The molecule has 5 heteroatoms. The number of rotatable bonds is 4. The third-order valence-corrected chi connectivity index (χ3v) is 2.44. The van der Waals surface area contributed by atoms with Crippen molar-refractivity contribution in [2.24, 2.45) is 5.92 Å². The Morgan fingerprint density at radius 1 is 1.22 bits per heavy atom. The largest absolute Gasteiger partial charge is 0.344 e. The molecule has 1 atom stereocenters. The fourth-order valence-electron chi connectivity index (χ4n) is 1.53. The third kappa shape index (κ3) is 3.84. The quantitative estimate of drug-likeness (QED) is 0.860. The SMILES string of the molecule is CC(=O)NC(C(=O)Nc1ccccc1F)C(C)C. The molecule has 2 amide bonds. The highest BCUT2D eigenvalue weighted by Crippen LogP contribution is 2.14. The number of halogens is 1. The van der Waals surface area contributed by atoms with Crippen LogP contribution in [0, 0.1) is 11.7 Å². The molecule has 18 heavy (non-hydrogen) atoms. The van der Waals surface area contributed by atoms with Crippen molar-refractivity contribution < 1.29 is 14.0 Å². The Labute approximate surface area is 106 Å². The van der Waals surface area contributed by atoms with Crippen LogP contribution >= 0.6 is 0 Å². The van der Waals surface area contributed by atoms with E-state index >= 15 is 0 Å². The summed E-state index contributed by atoms with van der Waals surface area (Å²) in [5.41, 5.74) is 0.110. The topological polar surface area (TPSA) is 58.2 Å². The van der Waals surface area contributed by atoms with Gasteiger partial charge in [0.1, 0.15) is 11.9 Å². The van der Waals surface area contributed by atoms with Crippen LogP contribution in [0.3, 0.4) is 0 Å². The van der Waals surface area contributed by atoms with Crippen LogP contribution in [0.15, 0.2) is 24.3 Å². The molecule has 0 bridgehead atoms. The minimum absolute atomic E-state index is 0.0827. The predicted octanol–water partition coefficient (Wildman–Crippen LogP) is 1.92. The summed E-state index contributed by atoms with van der Waals surface area (Å²) < 4.78 is 13.4. The zero-order valence-electron chi connectivity index (χ0n) is 10.7. The third-order valence-electron chi connectivity index (χ3n) is 2.44. The van der Waals surface area contributed by atoms with Crippen molar-refractivity contribution in [3.8, 4) is 0 Å². The highest BCUT2D eigenvalue weighted by Gasteiger charge is 2.23. The van der Waals surface area contributed by atoms with Gasteiger partial charge in [0.15, 0.2) is 0 Å². The van der Waals surface area contributed by atoms with Crippen molar-refractivity contribution in [1.82, 2.24) is 5.32 Å². The van der Waals surface area contributed by atoms with E-state index in [1.165, 1.54) is 19.1 Å². The van der Waals surface area contributed by atoms with Gasteiger partial charge in [-0.25, -0.2) is 4.39 Å². The molecular formula is C13H17FN2O2. The lowest BCUT2D eigenvalue weighted by Crippen LogP contribution is -2.46. The van der Waals surface area contributed by atoms with E-state index < -0.39 is 17.8 Å². The Bertz CT molecular complexity index is 446. The number of benzene rings is 1. The molecule has 0 saturated carbocycles. The van der Waals surface area contributed by atoms with E-state index in [2.05, 4.69) is 10.6 Å². The van der Waals surface area contributed by atoms with E-state index in [4.69, 9.17) is 0 Å². The van der Waals surface area contributed by atoms with Gasteiger partial charge in [0.2, 0.25) is 11.8 Å². The smallest absolute Gasteiger partial charge is 0.247 e. The van der Waals surface area contributed by atoms with Crippen LogP contribution < -0.4 is 10.6 Å². The molecule has 2 N–H and O–H groups in total.